The lowest BCUT2D eigenvalue weighted by Crippen LogP contribution is -2.29. The van der Waals surface area contributed by atoms with Crippen LogP contribution in [0.25, 0.3) is 6.08 Å². The van der Waals surface area contributed by atoms with Gasteiger partial charge in [-0.25, -0.2) is 4.99 Å². The number of nitrogens with zero attached hydrogens (tertiary/aromatic N) is 3. The predicted octanol–water partition coefficient (Wildman–Crippen LogP) is 5.49. The molecule has 5 nitrogen and oxygen atoms in total. The summed E-state index contributed by atoms with van der Waals surface area (Å²) >= 11 is 0. The maximum absolute atomic E-state index is 13.2. The van der Waals surface area contributed by atoms with Crippen molar-refractivity contribution in [2.45, 2.75) is 26.9 Å². The molecule has 1 aliphatic heterocycles. The zero-order chi connectivity index (χ0) is 23.0. The van der Waals surface area contributed by atoms with Gasteiger partial charge >= 0.3 is 6.02 Å². The lowest BCUT2D eigenvalue weighted by Gasteiger charge is -2.20. The Kier molecular flexibility index (Phi) is 7.20. The Morgan fingerprint density at radius 2 is 1.45 bits per heavy atom. The Labute approximate surface area is 195 Å². The summed E-state index contributed by atoms with van der Waals surface area (Å²) in [5.74, 6) is 0.104. The number of amidine groups is 1. The molecule has 0 aromatic heterocycles. The molecule has 4 rings (SSSR count). The summed E-state index contributed by atoms with van der Waals surface area (Å²) in [6.45, 7) is 7.04. The molecule has 0 spiro atoms. The van der Waals surface area contributed by atoms with Crippen molar-refractivity contribution in [1.82, 2.24) is 4.90 Å². The smallest absolute Gasteiger partial charge is 0.300 e. The lowest BCUT2D eigenvalue weighted by molar-refractivity contribution is -0.123. The molecule has 1 amide bonds. The van der Waals surface area contributed by atoms with E-state index in [1.807, 2.05) is 72.8 Å². The van der Waals surface area contributed by atoms with Crippen LogP contribution in [0.4, 0.5) is 5.69 Å². The van der Waals surface area contributed by atoms with Gasteiger partial charge in [0.05, 0.1) is 13.1 Å². The fraction of sp³-hybridized carbons (Fsp3) is 0.214. The molecule has 1 saturated heterocycles. The summed E-state index contributed by atoms with van der Waals surface area (Å²) in [6.07, 6.45) is 1.79. The van der Waals surface area contributed by atoms with Crippen LogP contribution in [0.3, 0.4) is 0 Å². The Balaban J connectivity index is 1.59. The minimum Gasteiger partial charge on any atom is -0.420 e. The quantitative estimate of drug-likeness (QED) is 0.436. The number of rotatable bonds is 8. The second-order valence-corrected chi connectivity index (χ2v) is 7.84. The summed E-state index contributed by atoms with van der Waals surface area (Å²) in [6, 6.07) is 28.3. The van der Waals surface area contributed by atoms with Crippen LogP contribution in [0.15, 0.2) is 95.7 Å². The second-order valence-electron chi connectivity index (χ2n) is 7.84. The molecule has 0 atom stereocenters. The van der Waals surface area contributed by atoms with Gasteiger partial charge in [0, 0.05) is 18.8 Å². The first-order valence-electron chi connectivity index (χ1n) is 11.4. The Morgan fingerprint density at radius 1 is 0.848 bits per heavy atom. The van der Waals surface area contributed by atoms with E-state index in [1.165, 1.54) is 0 Å². The number of carbonyl (C=O) groups is 1. The van der Waals surface area contributed by atoms with E-state index >= 15 is 0 Å². The van der Waals surface area contributed by atoms with Crippen molar-refractivity contribution in [3.05, 3.63) is 107 Å². The molecule has 0 bridgehead atoms. The molecule has 1 heterocycles. The van der Waals surface area contributed by atoms with Crippen molar-refractivity contribution < 1.29 is 9.53 Å². The standard InChI is InChI=1S/C28H29N3O2/c1-3-30(4-2)25-17-15-22(16-18-25)19-26-27(32)31(21-24-13-9-6-10-14-24)28(33-26)29-20-23-11-7-5-8-12-23/h5-19H,3-4,20-21H2,1-2H3/b26-19+,29-28?. The van der Waals surface area contributed by atoms with Crippen LogP contribution in [0, 0.1) is 0 Å². The van der Waals surface area contributed by atoms with Gasteiger partial charge in [-0.05, 0) is 48.7 Å². The van der Waals surface area contributed by atoms with E-state index in [9.17, 15) is 4.79 Å². The van der Waals surface area contributed by atoms with E-state index in [0.29, 0.717) is 19.1 Å². The number of carbonyl (C=O) groups excluding carboxylic acids is 1. The van der Waals surface area contributed by atoms with Crippen molar-refractivity contribution in [2.24, 2.45) is 4.99 Å². The molecule has 0 saturated carbocycles. The monoisotopic (exact) mass is 439 g/mol. The van der Waals surface area contributed by atoms with Crippen molar-refractivity contribution in [3.63, 3.8) is 0 Å². The molecule has 33 heavy (non-hydrogen) atoms. The molecule has 1 fully saturated rings. The van der Waals surface area contributed by atoms with Gasteiger partial charge in [0.15, 0.2) is 5.76 Å². The Hall–Kier alpha value is -3.86. The molecule has 1 aliphatic rings. The summed E-state index contributed by atoms with van der Waals surface area (Å²) in [7, 11) is 0. The highest BCUT2D eigenvalue weighted by atomic mass is 16.5. The summed E-state index contributed by atoms with van der Waals surface area (Å²) in [4.78, 5) is 21.8. The molecular weight excluding hydrogens is 410 g/mol. The molecular formula is C28H29N3O2. The third kappa shape index (κ3) is 5.50. The first kappa shape index (κ1) is 22.3. The van der Waals surface area contributed by atoms with Crippen LogP contribution < -0.4 is 4.90 Å². The average molecular weight is 440 g/mol. The molecule has 0 radical (unpaired) electrons. The fourth-order valence-electron chi connectivity index (χ4n) is 3.80. The number of ether oxygens (including phenoxy) is 1. The molecule has 0 N–H and O–H groups in total. The number of benzene rings is 3. The van der Waals surface area contributed by atoms with E-state index in [4.69, 9.17) is 4.74 Å². The van der Waals surface area contributed by atoms with Gasteiger partial charge in [0.2, 0.25) is 0 Å². The number of hydrogen-bond acceptors (Lipinski definition) is 4. The van der Waals surface area contributed by atoms with Crippen LogP contribution in [0.2, 0.25) is 0 Å². The van der Waals surface area contributed by atoms with Gasteiger partial charge in [-0.2, -0.15) is 0 Å². The van der Waals surface area contributed by atoms with Crippen LogP contribution in [0.5, 0.6) is 0 Å². The molecule has 3 aromatic carbocycles. The minimum atomic E-state index is -0.182. The molecule has 5 heteroatoms. The van der Waals surface area contributed by atoms with Gasteiger partial charge in [0.1, 0.15) is 0 Å². The SMILES string of the molecule is CCN(CC)c1ccc(/C=C2/OC(=NCc3ccccc3)N(Cc3ccccc3)C2=O)cc1. The molecule has 0 unspecified atom stereocenters. The van der Waals surface area contributed by atoms with Crippen molar-refractivity contribution in [3.8, 4) is 0 Å². The fourth-order valence-corrected chi connectivity index (χ4v) is 3.80. The minimum absolute atomic E-state index is 0.182. The largest absolute Gasteiger partial charge is 0.420 e. The molecule has 0 aliphatic carbocycles. The topological polar surface area (TPSA) is 45.1 Å². The normalized spacial score (nSPS) is 15.8. The number of hydrogen-bond donors (Lipinski definition) is 0. The zero-order valence-electron chi connectivity index (χ0n) is 19.1. The van der Waals surface area contributed by atoms with Crippen LogP contribution >= 0.6 is 0 Å². The molecule has 3 aromatic rings. The Bertz CT molecular complexity index is 1120. The van der Waals surface area contributed by atoms with Crippen molar-refractivity contribution in [1.29, 1.82) is 0 Å². The first-order chi connectivity index (χ1) is 16.2. The van der Waals surface area contributed by atoms with E-state index < -0.39 is 0 Å². The van der Waals surface area contributed by atoms with Gasteiger partial charge in [-0.1, -0.05) is 72.8 Å². The van der Waals surface area contributed by atoms with Gasteiger partial charge in [0.25, 0.3) is 5.91 Å². The van der Waals surface area contributed by atoms with Crippen LogP contribution in [-0.4, -0.2) is 29.9 Å². The predicted molar refractivity (Wildman–Crippen MR) is 134 cm³/mol. The van der Waals surface area contributed by atoms with Gasteiger partial charge < -0.3 is 9.64 Å². The summed E-state index contributed by atoms with van der Waals surface area (Å²) < 4.78 is 5.98. The van der Waals surface area contributed by atoms with Gasteiger partial charge in [-0.3, -0.25) is 9.69 Å². The number of aliphatic imine (C=N–C) groups is 1. The highest BCUT2D eigenvalue weighted by molar-refractivity contribution is 6.11. The first-order valence-corrected chi connectivity index (χ1v) is 11.4. The van der Waals surface area contributed by atoms with E-state index in [0.717, 1.165) is 35.5 Å². The summed E-state index contributed by atoms with van der Waals surface area (Å²) in [5, 5.41) is 0. The van der Waals surface area contributed by atoms with Crippen LogP contribution in [-0.2, 0) is 22.6 Å². The van der Waals surface area contributed by atoms with E-state index in [1.54, 1.807) is 11.0 Å². The zero-order valence-corrected chi connectivity index (χ0v) is 19.1. The van der Waals surface area contributed by atoms with Gasteiger partial charge in [-0.15, -0.1) is 0 Å². The highest BCUT2D eigenvalue weighted by Crippen LogP contribution is 2.24. The lowest BCUT2D eigenvalue weighted by atomic mass is 10.1. The third-order valence-corrected chi connectivity index (χ3v) is 5.63. The van der Waals surface area contributed by atoms with Crippen molar-refractivity contribution >= 4 is 23.7 Å². The van der Waals surface area contributed by atoms with Crippen LogP contribution in [0.1, 0.15) is 30.5 Å². The maximum Gasteiger partial charge on any atom is 0.300 e. The van der Waals surface area contributed by atoms with E-state index in [-0.39, 0.29) is 11.7 Å². The highest BCUT2D eigenvalue weighted by Gasteiger charge is 2.34. The number of amides is 1. The maximum atomic E-state index is 13.2. The van der Waals surface area contributed by atoms with Crippen molar-refractivity contribution in [2.75, 3.05) is 18.0 Å². The summed E-state index contributed by atoms with van der Waals surface area (Å²) in [5.41, 5.74) is 4.16. The number of anilines is 1. The second kappa shape index (κ2) is 10.6. The molecule has 168 valence electrons. The third-order valence-electron chi connectivity index (χ3n) is 5.63. The average Bonchev–Trinajstić information content (AvgIpc) is 3.15. The Morgan fingerprint density at radius 3 is 2.06 bits per heavy atom. The van der Waals surface area contributed by atoms with E-state index in [2.05, 4.69) is 35.9 Å².